The average molecular weight is 497 g/mol. The first kappa shape index (κ1) is 23.9. The highest BCUT2D eigenvalue weighted by Crippen LogP contribution is 2.37. The molecular formula is C29H28N4O2S. The highest BCUT2D eigenvalue weighted by Gasteiger charge is 2.32. The molecule has 3 aromatic carbocycles. The topological polar surface area (TPSA) is 69.0 Å². The highest BCUT2D eigenvalue weighted by molar-refractivity contribution is 7.98. The number of Topliss-reactive ketones (excluding diaryl/α,β-unsaturated/α-hetero) is 1. The molecule has 0 bridgehead atoms. The van der Waals surface area contributed by atoms with E-state index in [1.807, 2.05) is 66.2 Å². The molecule has 1 unspecified atom stereocenters. The third-order valence-electron chi connectivity index (χ3n) is 6.27. The van der Waals surface area contributed by atoms with E-state index < -0.39 is 0 Å². The maximum absolute atomic E-state index is 12.7. The first-order chi connectivity index (χ1) is 17.5. The molecule has 4 aromatic rings. The van der Waals surface area contributed by atoms with Crippen molar-refractivity contribution in [2.24, 2.45) is 0 Å². The molecule has 1 aliphatic rings. The van der Waals surface area contributed by atoms with Gasteiger partial charge in [0.15, 0.2) is 5.78 Å². The molecule has 36 heavy (non-hydrogen) atoms. The van der Waals surface area contributed by atoms with Crippen molar-refractivity contribution in [3.05, 3.63) is 112 Å². The fourth-order valence-electron chi connectivity index (χ4n) is 4.36. The van der Waals surface area contributed by atoms with E-state index in [0.29, 0.717) is 23.3 Å². The zero-order valence-corrected chi connectivity index (χ0v) is 21.4. The fraction of sp³-hybridized carbons (Fsp3) is 0.207. The van der Waals surface area contributed by atoms with Gasteiger partial charge in [-0.2, -0.15) is 4.98 Å². The first-order valence-corrected chi connectivity index (χ1v) is 12.9. The predicted molar refractivity (Wildman–Crippen MR) is 143 cm³/mol. The zero-order valence-electron chi connectivity index (χ0n) is 20.6. The van der Waals surface area contributed by atoms with Crippen molar-refractivity contribution in [1.29, 1.82) is 0 Å². The van der Waals surface area contributed by atoms with Crippen LogP contribution in [0.4, 0.5) is 5.95 Å². The molecule has 5 rings (SSSR count). The minimum atomic E-state index is -0.359. The SMILES string of the molecule is CC(=O)C1=C(C)Nc2nc(SCc3ccccc3)nn2C1c1ccc(OCc2ccccc2C)cc1. The molecule has 0 aliphatic carbocycles. The third kappa shape index (κ3) is 5.06. The van der Waals surface area contributed by atoms with Crippen molar-refractivity contribution in [3.63, 3.8) is 0 Å². The lowest BCUT2D eigenvalue weighted by atomic mass is 9.93. The van der Waals surface area contributed by atoms with Crippen LogP contribution in [0.15, 0.2) is 95.3 Å². The van der Waals surface area contributed by atoms with Crippen LogP contribution in [-0.4, -0.2) is 20.5 Å². The number of rotatable bonds is 8. The molecule has 1 atom stereocenters. The Morgan fingerprint density at radius 2 is 1.72 bits per heavy atom. The monoisotopic (exact) mass is 496 g/mol. The lowest BCUT2D eigenvalue weighted by Crippen LogP contribution is -2.27. The van der Waals surface area contributed by atoms with Crippen LogP contribution in [0, 0.1) is 6.92 Å². The molecule has 0 spiro atoms. The van der Waals surface area contributed by atoms with Gasteiger partial charge in [0.05, 0.1) is 0 Å². The molecule has 7 heteroatoms. The number of aromatic nitrogens is 3. The number of nitrogens with one attached hydrogen (secondary N) is 1. The minimum absolute atomic E-state index is 0.00418. The quantitative estimate of drug-likeness (QED) is 0.287. The summed E-state index contributed by atoms with van der Waals surface area (Å²) in [5.41, 5.74) is 6.00. The summed E-state index contributed by atoms with van der Waals surface area (Å²) in [6.45, 7) is 6.10. The van der Waals surface area contributed by atoms with Gasteiger partial charge in [-0.3, -0.25) is 4.79 Å². The number of thioether (sulfide) groups is 1. The number of hydrogen-bond donors (Lipinski definition) is 1. The number of benzene rings is 3. The molecule has 0 saturated carbocycles. The number of ketones is 1. The highest BCUT2D eigenvalue weighted by atomic mass is 32.2. The molecule has 1 aromatic heterocycles. The van der Waals surface area contributed by atoms with Crippen molar-refractivity contribution in [3.8, 4) is 5.75 Å². The smallest absolute Gasteiger partial charge is 0.227 e. The van der Waals surface area contributed by atoms with E-state index in [0.717, 1.165) is 28.3 Å². The Morgan fingerprint density at radius 3 is 2.44 bits per heavy atom. The van der Waals surface area contributed by atoms with Gasteiger partial charge < -0.3 is 10.1 Å². The van der Waals surface area contributed by atoms with E-state index in [-0.39, 0.29) is 11.8 Å². The Hall–Kier alpha value is -3.84. The van der Waals surface area contributed by atoms with Crippen molar-refractivity contribution < 1.29 is 9.53 Å². The van der Waals surface area contributed by atoms with Crippen molar-refractivity contribution >= 4 is 23.5 Å². The normalized spacial score (nSPS) is 14.8. The van der Waals surface area contributed by atoms with E-state index in [1.165, 1.54) is 11.1 Å². The predicted octanol–water partition coefficient (Wildman–Crippen LogP) is 6.34. The van der Waals surface area contributed by atoms with Gasteiger partial charge in [-0.05, 0) is 55.2 Å². The Labute approximate surface area is 215 Å². The largest absolute Gasteiger partial charge is 0.489 e. The van der Waals surface area contributed by atoms with E-state index in [9.17, 15) is 4.79 Å². The van der Waals surface area contributed by atoms with Gasteiger partial charge in [0, 0.05) is 17.0 Å². The van der Waals surface area contributed by atoms with Gasteiger partial charge in [-0.15, -0.1) is 5.10 Å². The second kappa shape index (κ2) is 10.4. The number of aryl methyl sites for hydroxylation is 1. The second-order valence-corrected chi connectivity index (χ2v) is 9.79. The van der Waals surface area contributed by atoms with Crippen LogP contribution < -0.4 is 10.1 Å². The molecular weight excluding hydrogens is 468 g/mol. The number of anilines is 1. The zero-order chi connectivity index (χ0) is 25.1. The summed E-state index contributed by atoms with van der Waals surface area (Å²) >= 11 is 1.58. The fourth-order valence-corrected chi connectivity index (χ4v) is 5.14. The van der Waals surface area contributed by atoms with Crippen LogP contribution in [0.1, 0.15) is 42.1 Å². The van der Waals surface area contributed by atoms with Crippen LogP contribution >= 0.6 is 11.8 Å². The summed E-state index contributed by atoms with van der Waals surface area (Å²) in [4.78, 5) is 17.4. The van der Waals surface area contributed by atoms with E-state index in [1.54, 1.807) is 18.7 Å². The van der Waals surface area contributed by atoms with E-state index in [4.69, 9.17) is 14.8 Å². The van der Waals surface area contributed by atoms with Crippen LogP contribution in [0.3, 0.4) is 0 Å². The van der Waals surface area contributed by atoms with Gasteiger partial charge in [-0.1, -0.05) is 78.5 Å². The maximum atomic E-state index is 12.7. The van der Waals surface area contributed by atoms with E-state index >= 15 is 0 Å². The Morgan fingerprint density at radius 1 is 1.00 bits per heavy atom. The van der Waals surface area contributed by atoms with Gasteiger partial charge >= 0.3 is 0 Å². The number of carbonyl (C=O) groups excluding carboxylic acids is 1. The number of allylic oxidation sites excluding steroid dienone is 2. The minimum Gasteiger partial charge on any atom is -0.489 e. The van der Waals surface area contributed by atoms with Crippen molar-refractivity contribution in [2.45, 2.75) is 44.3 Å². The van der Waals surface area contributed by atoms with Crippen molar-refractivity contribution in [1.82, 2.24) is 14.8 Å². The molecule has 6 nitrogen and oxygen atoms in total. The molecule has 0 saturated heterocycles. The summed E-state index contributed by atoms with van der Waals surface area (Å²) in [6.07, 6.45) is 0. The summed E-state index contributed by atoms with van der Waals surface area (Å²) in [6, 6.07) is 26.0. The van der Waals surface area contributed by atoms with E-state index in [2.05, 4.69) is 36.5 Å². The standard InChI is InChI=1S/C29H28N4O2S/c1-19-9-7-8-12-24(19)17-35-25-15-13-23(14-16-25)27-26(21(3)34)20(2)30-28-31-29(32-33(27)28)36-18-22-10-5-4-6-11-22/h4-16,27H,17-18H2,1-3H3,(H,30,31,32). The average Bonchev–Trinajstić information content (AvgIpc) is 3.29. The van der Waals surface area contributed by atoms with Crippen LogP contribution in [0.5, 0.6) is 5.75 Å². The number of nitrogens with zero attached hydrogens (tertiary/aromatic N) is 3. The number of ether oxygens (including phenoxy) is 1. The van der Waals surface area contributed by atoms with Gasteiger partial charge in [0.1, 0.15) is 18.4 Å². The van der Waals surface area contributed by atoms with Crippen LogP contribution in [0.2, 0.25) is 0 Å². The van der Waals surface area contributed by atoms with Gasteiger partial charge in [-0.25, -0.2) is 4.68 Å². The van der Waals surface area contributed by atoms with Gasteiger partial charge in [0.2, 0.25) is 11.1 Å². The lowest BCUT2D eigenvalue weighted by Gasteiger charge is -2.28. The molecule has 0 fully saturated rings. The van der Waals surface area contributed by atoms with Crippen LogP contribution in [-0.2, 0) is 17.2 Å². The van der Waals surface area contributed by atoms with Crippen molar-refractivity contribution in [2.75, 3.05) is 5.32 Å². The summed E-state index contributed by atoms with van der Waals surface area (Å²) in [5, 5.41) is 8.73. The molecule has 182 valence electrons. The van der Waals surface area contributed by atoms with Crippen LogP contribution in [0.25, 0.3) is 0 Å². The second-order valence-electron chi connectivity index (χ2n) is 8.84. The van der Waals surface area contributed by atoms with Gasteiger partial charge in [0.25, 0.3) is 0 Å². The molecule has 0 radical (unpaired) electrons. The first-order valence-electron chi connectivity index (χ1n) is 11.9. The number of carbonyl (C=O) groups is 1. The molecule has 1 aliphatic heterocycles. The molecule has 1 N–H and O–H groups in total. The molecule has 0 amide bonds. The molecule has 2 heterocycles. The lowest BCUT2D eigenvalue weighted by molar-refractivity contribution is -0.114. The summed E-state index contributed by atoms with van der Waals surface area (Å²) in [5.74, 6) is 2.19. The Balaban J connectivity index is 1.39. The maximum Gasteiger partial charge on any atom is 0.227 e. The number of fused-ring (bicyclic) bond motifs is 1. The summed E-state index contributed by atoms with van der Waals surface area (Å²) < 4.78 is 7.85. The number of hydrogen-bond acceptors (Lipinski definition) is 6. The Kier molecular flexibility index (Phi) is 6.91. The summed E-state index contributed by atoms with van der Waals surface area (Å²) in [7, 11) is 0. The third-order valence-corrected chi connectivity index (χ3v) is 7.18. The Bertz CT molecular complexity index is 1410.